The normalized spacial score (nSPS) is 11.2. The fourth-order valence-corrected chi connectivity index (χ4v) is 3.23. The molecule has 3 aromatic rings. The maximum absolute atomic E-state index is 12.4. The van der Waals surface area contributed by atoms with Gasteiger partial charge in [0, 0.05) is 19.4 Å². The molecule has 1 unspecified atom stereocenters. The fourth-order valence-electron chi connectivity index (χ4n) is 3.23. The molecule has 0 spiro atoms. The lowest BCUT2D eigenvalue weighted by molar-refractivity contribution is -0.133. The average Bonchev–Trinajstić information content (AvgIpc) is 2.89. The number of ether oxygens (including phenoxy) is 1. The monoisotopic (exact) mass is 459 g/mol. The SMILES string of the molecule is CCC(Oc1ccc(-c2ccccc2)cc1)C(=O)NNC(=O)CCC(=O)NCc1ccccc1. The van der Waals surface area contributed by atoms with Crippen molar-refractivity contribution in [2.45, 2.75) is 38.8 Å². The summed E-state index contributed by atoms with van der Waals surface area (Å²) in [5, 5.41) is 2.76. The number of carbonyl (C=O) groups excluding carboxylic acids is 3. The third-order valence-electron chi connectivity index (χ3n) is 5.14. The molecule has 7 heteroatoms. The lowest BCUT2D eigenvalue weighted by atomic mass is 10.1. The van der Waals surface area contributed by atoms with Gasteiger partial charge in [-0.25, -0.2) is 0 Å². The molecule has 0 heterocycles. The summed E-state index contributed by atoms with van der Waals surface area (Å²) in [5.41, 5.74) is 7.84. The molecule has 0 saturated heterocycles. The Balaban J connectivity index is 1.39. The first-order chi connectivity index (χ1) is 16.5. The molecule has 0 bridgehead atoms. The molecule has 7 nitrogen and oxygen atoms in total. The van der Waals surface area contributed by atoms with Crippen molar-refractivity contribution in [2.24, 2.45) is 0 Å². The molecule has 0 aliphatic rings. The van der Waals surface area contributed by atoms with E-state index in [0.29, 0.717) is 18.7 Å². The Hall–Kier alpha value is -4.13. The maximum Gasteiger partial charge on any atom is 0.279 e. The quantitative estimate of drug-likeness (QED) is 0.402. The Morgan fingerprint density at radius 3 is 1.97 bits per heavy atom. The summed E-state index contributed by atoms with van der Waals surface area (Å²) in [6.45, 7) is 2.22. The topological polar surface area (TPSA) is 96.5 Å². The molecule has 176 valence electrons. The standard InChI is InChI=1S/C27H29N3O4/c1-2-24(34-23-15-13-22(14-16-23)21-11-7-4-8-12-21)27(33)30-29-26(32)18-17-25(31)28-19-20-9-5-3-6-10-20/h3-16,24H,2,17-19H2,1H3,(H,28,31)(H,29,32)(H,30,33). The van der Waals surface area contributed by atoms with Crippen LogP contribution in [0.25, 0.3) is 11.1 Å². The van der Waals surface area contributed by atoms with Gasteiger partial charge in [-0.3, -0.25) is 25.2 Å². The van der Waals surface area contributed by atoms with E-state index in [4.69, 9.17) is 4.74 Å². The summed E-state index contributed by atoms with van der Waals surface area (Å²) >= 11 is 0. The molecule has 0 aliphatic carbocycles. The Morgan fingerprint density at radius 2 is 1.32 bits per heavy atom. The highest BCUT2D eigenvalue weighted by molar-refractivity contribution is 5.87. The van der Waals surface area contributed by atoms with Gasteiger partial charge in [0.1, 0.15) is 5.75 Å². The largest absolute Gasteiger partial charge is 0.481 e. The molecule has 3 aromatic carbocycles. The van der Waals surface area contributed by atoms with Gasteiger partial charge in [0.05, 0.1) is 0 Å². The van der Waals surface area contributed by atoms with Crippen molar-refractivity contribution < 1.29 is 19.1 Å². The van der Waals surface area contributed by atoms with Crippen LogP contribution in [0, 0.1) is 0 Å². The fraction of sp³-hybridized carbons (Fsp3) is 0.222. The molecule has 0 saturated carbocycles. The predicted octanol–water partition coefficient (Wildman–Crippen LogP) is 3.76. The van der Waals surface area contributed by atoms with Crippen molar-refractivity contribution in [1.29, 1.82) is 0 Å². The molecule has 0 aromatic heterocycles. The van der Waals surface area contributed by atoms with E-state index in [2.05, 4.69) is 16.2 Å². The van der Waals surface area contributed by atoms with Crippen molar-refractivity contribution in [1.82, 2.24) is 16.2 Å². The van der Waals surface area contributed by atoms with Crippen molar-refractivity contribution in [2.75, 3.05) is 0 Å². The van der Waals surface area contributed by atoms with Crippen LogP contribution in [-0.4, -0.2) is 23.8 Å². The van der Waals surface area contributed by atoms with Gasteiger partial charge in [-0.05, 0) is 35.2 Å². The third-order valence-corrected chi connectivity index (χ3v) is 5.14. The Kier molecular flexibility index (Phi) is 9.22. The maximum atomic E-state index is 12.4. The van der Waals surface area contributed by atoms with Crippen molar-refractivity contribution in [3.63, 3.8) is 0 Å². The molecular formula is C27H29N3O4. The molecule has 0 radical (unpaired) electrons. The summed E-state index contributed by atoms with van der Waals surface area (Å²) in [5.74, 6) is -0.594. The van der Waals surface area contributed by atoms with Gasteiger partial charge in [-0.15, -0.1) is 0 Å². The van der Waals surface area contributed by atoms with Crippen LogP contribution in [0.15, 0.2) is 84.9 Å². The Labute approximate surface area is 199 Å². The van der Waals surface area contributed by atoms with E-state index in [1.807, 2.05) is 91.9 Å². The van der Waals surface area contributed by atoms with Gasteiger partial charge in [0.25, 0.3) is 5.91 Å². The van der Waals surface area contributed by atoms with E-state index in [-0.39, 0.29) is 18.7 Å². The van der Waals surface area contributed by atoms with Crippen LogP contribution in [0.3, 0.4) is 0 Å². The Morgan fingerprint density at radius 1 is 0.735 bits per heavy atom. The molecule has 1 atom stereocenters. The van der Waals surface area contributed by atoms with Crippen molar-refractivity contribution in [3.05, 3.63) is 90.5 Å². The highest BCUT2D eigenvalue weighted by Crippen LogP contribution is 2.23. The number of hydrazine groups is 1. The van der Waals surface area contributed by atoms with Crippen molar-refractivity contribution >= 4 is 17.7 Å². The van der Waals surface area contributed by atoms with E-state index in [1.54, 1.807) is 0 Å². The second-order valence-electron chi connectivity index (χ2n) is 7.70. The highest BCUT2D eigenvalue weighted by atomic mass is 16.5. The number of benzene rings is 3. The summed E-state index contributed by atoms with van der Waals surface area (Å²) in [7, 11) is 0. The Bertz CT molecular complexity index is 1070. The van der Waals surface area contributed by atoms with Gasteiger partial charge in [-0.2, -0.15) is 0 Å². The van der Waals surface area contributed by atoms with Gasteiger partial charge >= 0.3 is 0 Å². The summed E-state index contributed by atoms with van der Waals surface area (Å²) in [6, 6.07) is 26.9. The van der Waals surface area contributed by atoms with Crippen LogP contribution in [0.4, 0.5) is 0 Å². The zero-order valence-electron chi connectivity index (χ0n) is 19.1. The minimum absolute atomic E-state index is 0.0238. The second kappa shape index (κ2) is 12.8. The van der Waals surface area contributed by atoms with Gasteiger partial charge in [0.2, 0.25) is 11.8 Å². The molecule has 3 rings (SSSR count). The van der Waals surface area contributed by atoms with Crippen molar-refractivity contribution in [3.8, 4) is 16.9 Å². The van der Waals surface area contributed by atoms with E-state index >= 15 is 0 Å². The molecule has 34 heavy (non-hydrogen) atoms. The minimum Gasteiger partial charge on any atom is -0.481 e. The van der Waals surface area contributed by atoms with E-state index in [9.17, 15) is 14.4 Å². The first-order valence-electron chi connectivity index (χ1n) is 11.3. The molecule has 0 aliphatic heterocycles. The van der Waals surface area contributed by atoms with Crippen LogP contribution in [0.5, 0.6) is 5.75 Å². The van der Waals surface area contributed by atoms with Gasteiger partial charge in [-0.1, -0.05) is 79.7 Å². The number of hydrogen-bond acceptors (Lipinski definition) is 4. The minimum atomic E-state index is -0.767. The van der Waals surface area contributed by atoms with Gasteiger partial charge < -0.3 is 10.1 Å². The first-order valence-corrected chi connectivity index (χ1v) is 11.3. The number of amides is 3. The number of nitrogens with one attached hydrogen (secondary N) is 3. The van der Waals surface area contributed by atoms with Crippen LogP contribution in [-0.2, 0) is 20.9 Å². The predicted molar refractivity (Wildman–Crippen MR) is 130 cm³/mol. The summed E-state index contributed by atoms with van der Waals surface area (Å²) < 4.78 is 5.79. The third kappa shape index (κ3) is 7.78. The van der Waals surface area contributed by atoms with E-state index < -0.39 is 17.9 Å². The number of carbonyl (C=O) groups is 3. The van der Waals surface area contributed by atoms with Gasteiger partial charge in [0.15, 0.2) is 6.10 Å². The lowest BCUT2D eigenvalue weighted by Gasteiger charge is -2.18. The number of rotatable bonds is 10. The zero-order chi connectivity index (χ0) is 24.2. The van der Waals surface area contributed by atoms with Crippen LogP contribution in [0.1, 0.15) is 31.7 Å². The number of hydrogen-bond donors (Lipinski definition) is 3. The molecular weight excluding hydrogens is 430 g/mol. The zero-order valence-corrected chi connectivity index (χ0v) is 19.1. The van der Waals surface area contributed by atoms with E-state index in [0.717, 1.165) is 16.7 Å². The molecule has 3 amide bonds. The highest BCUT2D eigenvalue weighted by Gasteiger charge is 2.19. The first kappa shape index (κ1) is 24.5. The smallest absolute Gasteiger partial charge is 0.279 e. The summed E-state index contributed by atoms with van der Waals surface area (Å²) in [4.78, 5) is 36.4. The summed E-state index contributed by atoms with van der Waals surface area (Å²) in [6.07, 6.45) is -0.364. The lowest BCUT2D eigenvalue weighted by Crippen LogP contribution is -2.48. The van der Waals surface area contributed by atoms with Crippen LogP contribution >= 0.6 is 0 Å². The average molecular weight is 460 g/mol. The molecule has 3 N–H and O–H groups in total. The molecule has 0 fully saturated rings. The second-order valence-corrected chi connectivity index (χ2v) is 7.70. The van der Waals surface area contributed by atoms with E-state index in [1.165, 1.54) is 0 Å². The van der Waals surface area contributed by atoms with Crippen LogP contribution < -0.4 is 20.9 Å². The van der Waals surface area contributed by atoms with Crippen LogP contribution in [0.2, 0.25) is 0 Å².